The maximum absolute atomic E-state index is 11.6. The average Bonchev–Trinajstić information content (AvgIpc) is 3.21. The fraction of sp³-hybridized carbons (Fsp3) is 0.750. The van der Waals surface area contributed by atoms with E-state index < -0.39 is 5.97 Å². The summed E-state index contributed by atoms with van der Waals surface area (Å²) in [5.41, 5.74) is 0.259. The Kier molecular flexibility index (Phi) is 5.88. The lowest BCUT2D eigenvalue weighted by Gasteiger charge is -2.27. The molecule has 7 heteroatoms. The normalized spacial score (nSPS) is 28.9. The zero-order chi connectivity index (χ0) is 18.6. The first kappa shape index (κ1) is 18.6. The number of rotatable bonds is 6. The third-order valence-corrected chi connectivity index (χ3v) is 6.19. The fourth-order valence-electron chi connectivity index (χ4n) is 4.89. The van der Waals surface area contributed by atoms with Crippen LogP contribution in [-0.4, -0.2) is 66.6 Å². The molecule has 1 aliphatic carbocycles. The second kappa shape index (κ2) is 8.52. The number of carbonyl (C=O) groups excluding carboxylic acids is 1. The summed E-state index contributed by atoms with van der Waals surface area (Å²) in [5.74, 6) is 2.71. The average molecular weight is 374 g/mol. The lowest BCUT2D eigenvalue weighted by Crippen LogP contribution is -2.32. The quantitative estimate of drug-likeness (QED) is 0.765. The van der Waals surface area contributed by atoms with Crippen LogP contribution in [0, 0.1) is 17.8 Å². The van der Waals surface area contributed by atoms with Crippen LogP contribution in [0.5, 0.6) is 0 Å². The first-order valence-corrected chi connectivity index (χ1v) is 10.3. The van der Waals surface area contributed by atoms with Gasteiger partial charge in [-0.15, -0.1) is 10.2 Å². The number of aromatic nitrogens is 2. The maximum atomic E-state index is 11.6. The molecular weight excluding hydrogens is 344 g/mol. The van der Waals surface area contributed by atoms with Gasteiger partial charge in [0.1, 0.15) is 5.82 Å². The number of ether oxygens (including phenoxy) is 2. The third-order valence-electron chi connectivity index (χ3n) is 6.19. The molecule has 2 aliphatic heterocycles. The largest absolute Gasteiger partial charge is 0.461 e. The molecular formula is C20H30N4O3. The van der Waals surface area contributed by atoms with Gasteiger partial charge in [0.05, 0.1) is 6.61 Å². The van der Waals surface area contributed by atoms with Crippen molar-refractivity contribution in [3.63, 3.8) is 0 Å². The van der Waals surface area contributed by atoms with Gasteiger partial charge in [0, 0.05) is 38.9 Å². The van der Waals surface area contributed by atoms with Crippen molar-refractivity contribution in [3.05, 3.63) is 17.8 Å². The Hall–Kier alpha value is -1.73. The second-order valence-corrected chi connectivity index (χ2v) is 8.13. The highest BCUT2D eigenvalue weighted by atomic mass is 16.5. The molecule has 1 aromatic heterocycles. The third kappa shape index (κ3) is 4.58. The predicted molar refractivity (Wildman–Crippen MR) is 102 cm³/mol. The summed E-state index contributed by atoms with van der Waals surface area (Å²) >= 11 is 0. The van der Waals surface area contributed by atoms with Gasteiger partial charge in [0.25, 0.3) is 0 Å². The van der Waals surface area contributed by atoms with Crippen molar-refractivity contribution in [1.82, 2.24) is 15.1 Å². The van der Waals surface area contributed by atoms with Gasteiger partial charge < -0.3 is 19.7 Å². The van der Waals surface area contributed by atoms with Crippen molar-refractivity contribution in [2.45, 2.75) is 38.6 Å². The van der Waals surface area contributed by atoms with E-state index in [2.05, 4.69) is 20.4 Å². The summed E-state index contributed by atoms with van der Waals surface area (Å²) in [6.45, 7) is 7.71. The van der Waals surface area contributed by atoms with Crippen molar-refractivity contribution in [1.29, 1.82) is 0 Å². The van der Waals surface area contributed by atoms with Crippen LogP contribution in [-0.2, 0) is 9.47 Å². The zero-order valence-electron chi connectivity index (χ0n) is 16.1. The van der Waals surface area contributed by atoms with Gasteiger partial charge in [-0.25, -0.2) is 4.79 Å². The van der Waals surface area contributed by atoms with Gasteiger partial charge in [-0.3, -0.25) is 0 Å². The number of carbonyl (C=O) groups is 1. The number of anilines is 1. The summed E-state index contributed by atoms with van der Waals surface area (Å²) in [5, 5.41) is 11.6. The Morgan fingerprint density at radius 2 is 1.96 bits per heavy atom. The highest BCUT2D eigenvalue weighted by molar-refractivity contribution is 5.87. The molecule has 0 amide bonds. The van der Waals surface area contributed by atoms with Crippen molar-refractivity contribution in [3.8, 4) is 0 Å². The van der Waals surface area contributed by atoms with Gasteiger partial charge in [-0.05, 0) is 62.5 Å². The van der Waals surface area contributed by atoms with Crippen LogP contribution in [0.4, 0.5) is 5.82 Å². The van der Waals surface area contributed by atoms with Gasteiger partial charge in [0.15, 0.2) is 5.69 Å². The van der Waals surface area contributed by atoms with Gasteiger partial charge in [0.2, 0.25) is 0 Å². The summed E-state index contributed by atoms with van der Waals surface area (Å²) in [6.07, 6.45) is 4.82. The topological polar surface area (TPSA) is 76.6 Å². The van der Waals surface area contributed by atoms with Gasteiger partial charge in [-0.1, -0.05) is 0 Å². The number of hydrogen-bond donors (Lipinski definition) is 1. The fourth-order valence-corrected chi connectivity index (χ4v) is 4.89. The van der Waals surface area contributed by atoms with Crippen molar-refractivity contribution < 1.29 is 14.3 Å². The Bertz CT molecular complexity index is 619. The molecule has 0 radical (unpaired) electrons. The molecule has 2 saturated heterocycles. The van der Waals surface area contributed by atoms with Crippen LogP contribution >= 0.6 is 0 Å². The maximum Gasteiger partial charge on any atom is 0.358 e. The van der Waals surface area contributed by atoms with Crippen LogP contribution < -0.4 is 5.32 Å². The Labute approximate surface area is 160 Å². The minimum Gasteiger partial charge on any atom is -0.461 e. The standard InChI is InChI=1S/C20H30N4O3/c1-2-27-20(25)18-3-4-19(23-22-18)21-17-9-15-12-24(13-16(15)10-17)11-14-5-7-26-8-6-14/h3-4,14-17H,2,5-13H2,1H3,(H,21,23)/t15-,16+,17?. The van der Waals surface area contributed by atoms with Crippen LogP contribution in [0.25, 0.3) is 0 Å². The van der Waals surface area contributed by atoms with E-state index in [0.717, 1.165) is 36.8 Å². The zero-order valence-corrected chi connectivity index (χ0v) is 16.1. The molecule has 1 unspecified atom stereocenters. The Morgan fingerprint density at radius 1 is 1.22 bits per heavy atom. The lowest BCUT2D eigenvalue weighted by molar-refractivity contribution is 0.0518. The molecule has 0 bridgehead atoms. The van der Waals surface area contributed by atoms with E-state index in [9.17, 15) is 4.79 Å². The minimum absolute atomic E-state index is 0.259. The van der Waals surface area contributed by atoms with Crippen molar-refractivity contribution in [2.75, 3.05) is 44.8 Å². The number of esters is 1. The van der Waals surface area contributed by atoms with E-state index in [-0.39, 0.29) is 5.69 Å². The molecule has 1 saturated carbocycles. The summed E-state index contributed by atoms with van der Waals surface area (Å²) in [4.78, 5) is 14.3. The van der Waals surface area contributed by atoms with Crippen LogP contribution in [0.1, 0.15) is 43.1 Å². The molecule has 1 aromatic rings. The molecule has 4 rings (SSSR count). The smallest absolute Gasteiger partial charge is 0.358 e. The van der Waals surface area contributed by atoms with Gasteiger partial charge >= 0.3 is 5.97 Å². The van der Waals surface area contributed by atoms with E-state index in [1.807, 2.05) is 6.07 Å². The van der Waals surface area contributed by atoms with Crippen molar-refractivity contribution >= 4 is 11.8 Å². The van der Waals surface area contributed by atoms with E-state index in [0.29, 0.717) is 12.6 Å². The molecule has 3 atom stereocenters. The van der Waals surface area contributed by atoms with Crippen LogP contribution in [0.2, 0.25) is 0 Å². The van der Waals surface area contributed by atoms with E-state index in [1.54, 1.807) is 13.0 Å². The summed E-state index contributed by atoms with van der Waals surface area (Å²) < 4.78 is 10.4. The van der Waals surface area contributed by atoms with Crippen LogP contribution in [0.3, 0.4) is 0 Å². The highest BCUT2D eigenvalue weighted by Crippen LogP contribution is 2.39. The molecule has 3 aliphatic rings. The minimum atomic E-state index is -0.420. The van der Waals surface area contributed by atoms with Crippen molar-refractivity contribution in [2.24, 2.45) is 17.8 Å². The number of hydrogen-bond acceptors (Lipinski definition) is 7. The SMILES string of the molecule is CCOC(=O)c1ccc(NC2C[C@@H]3CN(CC4CCOCC4)C[C@@H]3C2)nn1. The van der Waals surface area contributed by atoms with E-state index >= 15 is 0 Å². The molecule has 3 heterocycles. The molecule has 7 nitrogen and oxygen atoms in total. The summed E-state index contributed by atoms with van der Waals surface area (Å²) in [6, 6.07) is 3.96. The molecule has 0 aromatic carbocycles. The summed E-state index contributed by atoms with van der Waals surface area (Å²) in [7, 11) is 0. The van der Waals surface area contributed by atoms with Crippen LogP contribution in [0.15, 0.2) is 12.1 Å². The Morgan fingerprint density at radius 3 is 2.59 bits per heavy atom. The molecule has 27 heavy (non-hydrogen) atoms. The second-order valence-electron chi connectivity index (χ2n) is 8.13. The van der Waals surface area contributed by atoms with E-state index in [4.69, 9.17) is 9.47 Å². The molecule has 3 fully saturated rings. The molecule has 1 N–H and O–H groups in total. The molecule has 148 valence electrons. The number of nitrogens with zero attached hydrogens (tertiary/aromatic N) is 3. The monoisotopic (exact) mass is 374 g/mol. The Balaban J connectivity index is 1.24. The predicted octanol–water partition coefficient (Wildman–Crippen LogP) is 2.20. The number of fused-ring (bicyclic) bond motifs is 1. The lowest BCUT2D eigenvalue weighted by atomic mass is 10.00. The molecule has 0 spiro atoms. The highest BCUT2D eigenvalue weighted by Gasteiger charge is 2.41. The first-order valence-electron chi connectivity index (χ1n) is 10.3. The number of likely N-dealkylation sites (tertiary alicyclic amines) is 1. The first-order chi connectivity index (χ1) is 13.2. The van der Waals surface area contributed by atoms with Gasteiger partial charge in [-0.2, -0.15) is 0 Å². The van der Waals surface area contributed by atoms with E-state index in [1.165, 1.54) is 45.3 Å². The number of nitrogens with one attached hydrogen (secondary N) is 1.